The second-order valence-electron chi connectivity index (χ2n) is 5.38. The number of nitrogens with one attached hydrogen (secondary N) is 2. The van der Waals surface area contributed by atoms with E-state index in [0.29, 0.717) is 21.4 Å². The predicted octanol–water partition coefficient (Wildman–Crippen LogP) is 5.54. The Hall–Kier alpha value is -3.10. The Labute approximate surface area is 171 Å². The molecule has 0 unspecified atom stereocenters. The van der Waals surface area contributed by atoms with Gasteiger partial charge in [-0.1, -0.05) is 45.6 Å². The van der Waals surface area contributed by atoms with E-state index < -0.39 is 12.2 Å². The summed E-state index contributed by atoms with van der Waals surface area (Å²) in [7, 11) is 0. The van der Waals surface area contributed by atoms with E-state index in [9.17, 15) is 9.59 Å². The second kappa shape index (κ2) is 10.3. The highest BCUT2D eigenvalue weighted by Gasteiger charge is 2.07. The molecule has 0 radical (unpaired) electrons. The molecule has 0 bridgehead atoms. The third-order valence-electron chi connectivity index (χ3n) is 3.20. The third kappa shape index (κ3) is 7.26. The fraction of sp³-hybridized carbons (Fsp3) is 0.111. The van der Waals surface area contributed by atoms with E-state index in [0.717, 1.165) is 0 Å². The van der Waals surface area contributed by atoms with E-state index in [1.165, 1.54) is 13.8 Å². The molecule has 2 rings (SSSR count). The fourth-order valence-electron chi connectivity index (χ4n) is 1.77. The topological polar surface area (TPSA) is 101 Å². The Morgan fingerprint density at radius 3 is 1.54 bits per heavy atom. The van der Waals surface area contributed by atoms with Crippen molar-refractivity contribution >= 4 is 58.2 Å². The Kier molecular flexibility index (Phi) is 7.79. The monoisotopic (exact) mass is 422 g/mol. The van der Waals surface area contributed by atoms with E-state index in [4.69, 9.17) is 32.9 Å². The van der Waals surface area contributed by atoms with E-state index in [1.807, 2.05) is 0 Å². The first-order valence-electron chi connectivity index (χ1n) is 7.90. The molecule has 8 nitrogen and oxygen atoms in total. The lowest BCUT2D eigenvalue weighted by Crippen LogP contribution is -2.16. The molecule has 2 N–H and O–H groups in total. The molecule has 0 saturated carbocycles. The van der Waals surface area contributed by atoms with Crippen LogP contribution in [0, 0.1) is 0 Å². The highest BCUT2D eigenvalue weighted by atomic mass is 35.5. The van der Waals surface area contributed by atoms with Gasteiger partial charge >= 0.3 is 12.2 Å². The molecule has 0 fully saturated rings. The zero-order valence-corrected chi connectivity index (χ0v) is 16.4. The maximum absolute atomic E-state index is 11.7. The minimum absolute atomic E-state index is 0.233. The van der Waals surface area contributed by atoms with Gasteiger partial charge in [-0.05, 0) is 50.2 Å². The molecule has 28 heavy (non-hydrogen) atoms. The van der Waals surface area contributed by atoms with Crippen molar-refractivity contribution in [3.63, 3.8) is 0 Å². The molecule has 0 aliphatic heterocycles. The molecule has 0 aliphatic carbocycles. The SMILES string of the molecule is CC(=N\OC(=O)Nc1cccc(Cl)c1)/C(C)=N/OC(=O)Nc1cccc(Cl)c1. The summed E-state index contributed by atoms with van der Waals surface area (Å²) in [6, 6.07) is 13.1. The van der Waals surface area contributed by atoms with Crippen LogP contribution in [0.1, 0.15) is 13.8 Å². The number of benzene rings is 2. The van der Waals surface area contributed by atoms with Crippen LogP contribution in [-0.4, -0.2) is 23.6 Å². The number of hydrogen-bond acceptors (Lipinski definition) is 6. The molecule has 10 heteroatoms. The minimum Gasteiger partial charge on any atom is -0.297 e. The summed E-state index contributed by atoms with van der Waals surface area (Å²) in [5.74, 6) is 0. The van der Waals surface area contributed by atoms with Crippen LogP contribution in [-0.2, 0) is 9.68 Å². The second-order valence-corrected chi connectivity index (χ2v) is 6.25. The van der Waals surface area contributed by atoms with Gasteiger partial charge in [0.2, 0.25) is 0 Å². The normalized spacial score (nSPS) is 11.6. The smallest absolute Gasteiger partial charge is 0.297 e. The lowest BCUT2D eigenvalue weighted by atomic mass is 10.3. The number of amides is 2. The van der Waals surface area contributed by atoms with Crippen molar-refractivity contribution in [2.45, 2.75) is 13.8 Å². The van der Waals surface area contributed by atoms with E-state index in [2.05, 4.69) is 20.9 Å². The largest absolute Gasteiger partial charge is 0.437 e. The molecular formula is C18H16Cl2N4O4. The Balaban J connectivity index is 1.85. The third-order valence-corrected chi connectivity index (χ3v) is 3.67. The van der Waals surface area contributed by atoms with E-state index in [1.54, 1.807) is 48.5 Å². The maximum atomic E-state index is 11.7. The van der Waals surface area contributed by atoms with Crippen LogP contribution in [0.3, 0.4) is 0 Å². The van der Waals surface area contributed by atoms with Gasteiger partial charge in [-0.2, -0.15) is 0 Å². The van der Waals surface area contributed by atoms with Crippen LogP contribution in [0.4, 0.5) is 21.0 Å². The minimum atomic E-state index is -0.811. The fourth-order valence-corrected chi connectivity index (χ4v) is 2.15. The average Bonchev–Trinajstić information content (AvgIpc) is 2.64. The molecule has 2 aromatic rings. The van der Waals surface area contributed by atoms with Crippen molar-refractivity contribution in [3.05, 3.63) is 58.6 Å². The number of oxime groups is 2. The summed E-state index contributed by atoms with van der Waals surface area (Å²) in [6.45, 7) is 3.06. The molecule has 2 amide bonds. The van der Waals surface area contributed by atoms with Gasteiger partial charge in [-0.15, -0.1) is 0 Å². The summed E-state index contributed by atoms with van der Waals surface area (Å²) >= 11 is 11.7. The molecular weight excluding hydrogens is 407 g/mol. The van der Waals surface area contributed by atoms with Gasteiger partial charge in [0.15, 0.2) is 0 Å². The van der Waals surface area contributed by atoms with Crippen molar-refractivity contribution in [3.8, 4) is 0 Å². The van der Waals surface area contributed by atoms with Crippen LogP contribution >= 0.6 is 23.2 Å². The van der Waals surface area contributed by atoms with Gasteiger partial charge in [0.25, 0.3) is 0 Å². The van der Waals surface area contributed by atoms with Gasteiger partial charge in [0, 0.05) is 21.4 Å². The predicted molar refractivity (Wildman–Crippen MR) is 109 cm³/mol. The van der Waals surface area contributed by atoms with Crippen molar-refractivity contribution in [2.75, 3.05) is 10.6 Å². The highest BCUT2D eigenvalue weighted by Crippen LogP contribution is 2.16. The van der Waals surface area contributed by atoms with E-state index >= 15 is 0 Å². The van der Waals surface area contributed by atoms with E-state index in [-0.39, 0.29) is 11.4 Å². The summed E-state index contributed by atoms with van der Waals surface area (Å²) in [6.07, 6.45) is -1.62. The number of rotatable bonds is 5. The molecule has 0 aromatic heterocycles. The number of carbonyl (C=O) groups is 2. The van der Waals surface area contributed by atoms with Gasteiger partial charge in [-0.25, -0.2) is 9.59 Å². The van der Waals surface area contributed by atoms with Gasteiger partial charge in [0.05, 0.1) is 0 Å². The Bertz CT molecular complexity index is 856. The van der Waals surface area contributed by atoms with Crippen molar-refractivity contribution < 1.29 is 19.3 Å². The molecule has 0 aliphatic rings. The van der Waals surface area contributed by atoms with Crippen molar-refractivity contribution in [1.29, 1.82) is 0 Å². The molecule has 0 atom stereocenters. The zero-order valence-electron chi connectivity index (χ0n) is 14.9. The standard InChI is InChI=1S/C18H16Cl2N4O4/c1-11(23-27-17(25)21-15-7-3-5-13(19)9-15)12(2)24-28-18(26)22-16-8-4-6-14(20)10-16/h3-10H,1-2H3,(H,21,25)(H,22,26)/b23-11+,24-12+. The first-order valence-corrected chi connectivity index (χ1v) is 8.66. The lowest BCUT2D eigenvalue weighted by Gasteiger charge is -2.05. The first kappa shape index (κ1) is 21.2. The highest BCUT2D eigenvalue weighted by molar-refractivity contribution is 6.40. The number of anilines is 2. The molecule has 146 valence electrons. The quantitative estimate of drug-likeness (QED) is 0.374. The summed E-state index contributed by atoms with van der Waals surface area (Å²) in [5, 5.41) is 13.1. The molecule has 0 spiro atoms. The van der Waals surface area contributed by atoms with Crippen molar-refractivity contribution in [1.82, 2.24) is 0 Å². The average molecular weight is 423 g/mol. The molecule has 0 heterocycles. The first-order chi connectivity index (χ1) is 13.3. The Morgan fingerprint density at radius 2 is 1.18 bits per heavy atom. The number of nitrogens with zero attached hydrogens (tertiary/aromatic N) is 2. The summed E-state index contributed by atoms with van der Waals surface area (Å²) in [4.78, 5) is 32.9. The maximum Gasteiger partial charge on any atom is 0.437 e. The van der Waals surface area contributed by atoms with Crippen molar-refractivity contribution in [2.24, 2.45) is 10.3 Å². The summed E-state index contributed by atoms with van der Waals surface area (Å²) in [5.41, 5.74) is 1.38. The lowest BCUT2D eigenvalue weighted by molar-refractivity contribution is 0.164. The number of carbonyl (C=O) groups excluding carboxylic acids is 2. The van der Waals surface area contributed by atoms with Crippen LogP contribution < -0.4 is 10.6 Å². The number of halogens is 2. The van der Waals surface area contributed by atoms with Crippen LogP contribution in [0.2, 0.25) is 10.0 Å². The van der Waals surface area contributed by atoms with Crippen LogP contribution in [0.15, 0.2) is 58.8 Å². The molecule has 0 saturated heterocycles. The summed E-state index contributed by atoms with van der Waals surface area (Å²) < 4.78 is 0. The van der Waals surface area contributed by atoms with Gasteiger partial charge < -0.3 is 0 Å². The van der Waals surface area contributed by atoms with Crippen LogP contribution in [0.25, 0.3) is 0 Å². The molecule has 2 aromatic carbocycles. The zero-order chi connectivity index (χ0) is 20.5. The van der Waals surface area contributed by atoms with Crippen LogP contribution in [0.5, 0.6) is 0 Å². The van der Waals surface area contributed by atoms with Gasteiger partial charge in [-0.3, -0.25) is 20.3 Å². The number of hydrogen-bond donors (Lipinski definition) is 2. The Morgan fingerprint density at radius 1 is 0.786 bits per heavy atom. The van der Waals surface area contributed by atoms with Gasteiger partial charge in [0.1, 0.15) is 11.4 Å².